The number of hydrogen-bond acceptors (Lipinski definition) is 2. The fourth-order valence-electron chi connectivity index (χ4n) is 2.31. The minimum Gasteiger partial charge on any atom is -0.619 e. The Morgan fingerprint density at radius 1 is 1.29 bits per heavy atom. The maximum Gasteiger partial charge on any atom is 0.254 e. The molecule has 2 aromatic rings. The first-order chi connectivity index (χ1) is 10.1. The Balaban J connectivity index is 1.81. The second kappa shape index (κ2) is 5.85. The highest BCUT2D eigenvalue weighted by Crippen LogP contribution is 2.30. The van der Waals surface area contributed by atoms with Gasteiger partial charge in [-0.3, -0.25) is 4.79 Å². The minimum atomic E-state index is -0.0157. The molecule has 0 N–H and O–H groups in total. The van der Waals surface area contributed by atoms with Gasteiger partial charge in [0.15, 0.2) is 12.4 Å². The summed E-state index contributed by atoms with van der Waals surface area (Å²) in [6.07, 6.45) is 4.82. The Hall–Kier alpha value is -1.88. The molecule has 5 heteroatoms. The molecule has 1 amide bonds. The lowest BCUT2D eigenvalue weighted by atomic mass is 10.1. The van der Waals surface area contributed by atoms with Crippen molar-refractivity contribution in [3.8, 4) is 0 Å². The molecule has 3 rings (SSSR count). The highest BCUT2D eigenvalue weighted by Gasteiger charge is 2.33. The fourth-order valence-corrected chi connectivity index (χ4v) is 2.75. The SMILES string of the molecule is O=C(c1cc[n+]([O-])cc1)N(Cc1cccc(Br)c1)C1CC1. The Bertz CT molecular complexity index is 654. The van der Waals surface area contributed by atoms with Crippen molar-refractivity contribution in [2.75, 3.05) is 0 Å². The van der Waals surface area contributed by atoms with Crippen LogP contribution in [0.1, 0.15) is 28.8 Å². The van der Waals surface area contributed by atoms with Gasteiger partial charge in [0, 0.05) is 29.2 Å². The van der Waals surface area contributed by atoms with Gasteiger partial charge < -0.3 is 10.1 Å². The summed E-state index contributed by atoms with van der Waals surface area (Å²) in [5, 5.41) is 11.1. The number of halogens is 1. The molecule has 1 aromatic heterocycles. The summed E-state index contributed by atoms with van der Waals surface area (Å²) < 4.78 is 1.70. The van der Waals surface area contributed by atoms with Crippen LogP contribution >= 0.6 is 15.9 Å². The molecule has 0 radical (unpaired) electrons. The predicted octanol–water partition coefficient (Wildman–Crippen LogP) is 2.89. The number of pyridine rings is 1. The minimum absolute atomic E-state index is 0.0157. The Morgan fingerprint density at radius 2 is 2.00 bits per heavy atom. The van der Waals surface area contributed by atoms with E-state index in [-0.39, 0.29) is 5.91 Å². The van der Waals surface area contributed by atoms with E-state index < -0.39 is 0 Å². The molecule has 0 bridgehead atoms. The first kappa shape index (κ1) is 14.1. The predicted molar refractivity (Wildman–Crippen MR) is 82.4 cm³/mol. The molecule has 1 aliphatic rings. The van der Waals surface area contributed by atoms with Gasteiger partial charge in [0.25, 0.3) is 5.91 Å². The van der Waals surface area contributed by atoms with Gasteiger partial charge in [-0.1, -0.05) is 28.1 Å². The monoisotopic (exact) mass is 346 g/mol. The van der Waals surface area contributed by atoms with E-state index in [9.17, 15) is 10.0 Å². The number of hydrogen-bond donors (Lipinski definition) is 0. The first-order valence-corrected chi connectivity index (χ1v) is 7.67. The third kappa shape index (κ3) is 3.42. The maximum atomic E-state index is 12.6. The van der Waals surface area contributed by atoms with E-state index in [1.54, 1.807) is 12.1 Å². The van der Waals surface area contributed by atoms with Crippen LogP contribution in [0.2, 0.25) is 0 Å². The third-order valence-corrected chi connectivity index (χ3v) is 4.03. The topological polar surface area (TPSA) is 47.2 Å². The van der Waals surface area contributed by atoms with Crippen LogP contribution in [0.4, 0.5) is 0 Å². The van der Waals surface area contributed by atoms with E-state index in [0.29, 0.717) is 22.9 Å². The number of rotatable bonds is 4. The molecule has 1 saturated carbocycles. The van der Waals surface area contributed by atoms with Crippen molar-refractivity contribution in [1.82, 2.24) is 4.90 Å². The second-order valence-electron chi connectivity index (χ2n) is 5.24. The lowest BCUT2D eigenvalue weighted by molar-refractivity contribution is -0.605. The molecule has 0 atom stereocenters. The zero-order valence-electron chi connectivity index (χ0n) is 11.4. The van der Waals surface area contributed by atoms with Crippen molar-refractivity contribution in [3.63, 3.8) is 0 Å². The Morgan fingerprint density at radius 3 is 2.62 bits per heavy atom. The average molecular weight is 347 g/mol. The van der Waals surface area contributed by atoms with Crippen LogP contribution in [0.5, 0.6) is 0 Å². The smallest absolute Gasteiger partial charge is 0.254 e. The summed E-state index contributed by atoms with van der Waals surface area (Å²) in [5.41, 5.74) is 1.66. The highest BCUT2D eigenvalue weighted by molar-refractivity contribution is 9.10. The molecule has 21 heavy (non-hydrogen) atoms. The quantitative estimate of drug-likeness (QED) is 0.631. The van der Waals surface area contributed by atoms with Crippen LogP contribution in [0.25, 0.3) is 0 Å². The van der Waals surface area contributed by atoms with Gasteiger partial charge in [0.1, 0.15) is 0 Å². The normalized spacial score (nSPS) is 14.0. The van der Waals surface area contributed by atoms with Crippen molar-refractivity contribution in [1.29, 1.82) is 0 Å². The number of carbonyl (C=O) groups excluding carboxylic acids is 1. The molecule has 1 aromatic carbocycles. The van der Waals surface area contributed by atoms with Crippen LogP contribution in [-0.4, -0.2) is 16.8 Å². The molecule has 0 saturated heterocycles. The zero-order chi connectivity index (χ0) is 14.8. The van der Waals surface area contributed by atoms with Gasteiger partial charge in [-0.05, 0) is 30.5 Å². The summed E-state index contributed by atoms with van der Waals surface area (Å²) in [6, 6.07) is 11.5. The van der Waals surface area contributed by atoms with Gasteiger partial charge in [0.2, 0.25) is 0 Å². The summed E-state index contributed by atoms with van der Waals surface area (Å²) in [7, 11) is 0. The van der Waals surface area contributed by atoms with Gasteiger partial charge in [-0.2, -0.15) is 4.73 Å². The summed E-state index contributed by atoms with van der Waals surface area (Å²) in [4.78, 5) is 14.5. The summed E-state index contributed by atoms with van der Waals surface area (Å²) in [5.74, 6) is -0.0157. The fraction of sp³-hybridized carbons (Fsp3) is 0.250. The molecule has 0 aliphatic heterocycles. The van der Waals surface area contributed by atoms with Crippen LogP contribution in [0, 0.1) is 5.21 Å². The number of carbonyl (C=O) groups is 1. The molecule has 4 nitrogen and oxygen atoms in total. The van der Waals surface area contributed by atoms with E-state index in [2.05, 4.69) is 15.9 Å². The number of amides is 1. The van der Waals surface area contributed by atoms with Crippen molar-refractivity contribution in [2.45, 2.75) is 25.4 Å². The van der Waals surface area contributed by atoms with Crippen LogP contribution in [-0.2, 0) is 6.54 Å². The molecule has 1 heterocycles. The lowest BCUT2D eigenvalue weighted by Gasteiger charge is -2.22. The van der Waals surface area contributed by atoms with Crippen LogP contribution in [0.3, 0.4) is 0 Å². The van der Waals surface area contributed by atoms with Crippen molar-refractivity contribution in [2.24, 2.45) is 0 Å². The number of benzene rings is 1. The van der Waals surface area contributed by atoms with E-state index >= 15 is 0 Å². The summed E-state index contributed by atoms with van der Waals surface area (Å²) in [6.45, 7) is 0.592. The molecule has 1 aliphatic carbocycles. The van der Waals surface area contributed by atoms with E-state index in [1.165, 1.54) is 12.4 Å². The van der Waals surface area contributed by atoms with Crippen molar-refractivity contribution in [3.05, 3.63) is 69.6 Å². The highest BCUT2D eigenvalue weighted by atomic mass is 79.9. The lowest BCUT2D eigenvalue weighted by Crippen LogP contribution is -2.33. The van der Waals surface area contributed by atoms with Gasteiger partial charge in [-0.25, -0.2) is 0 Å². The van der Waals surface area contributed by atoms with Crippen LogP contribution in [0.15, 0.2) is 53.3 Å². The third-order valence-electron chi connectivity index (χ3n) is 3.54. The molecule has 0 spiro atoms. The number of aromatic nitrogens is 1. The standard InChI is InChI=1S/C16H15BrN2O2/c17-14-3-1-2-12(10-14)11-19(15-4-5-15)16(20)13-6-8-18(21)9-7-13/h1-3,6-10,15H,4-5,11H2. The second-order valence-corrected chi connectivity index (χ2v) is 6.16. The molecule has 0 unspecified atom stereocenters. The van der Waals surface area contributed by atoms with E-state index in [4.69, 9.17) is 0 Å². The summed E-state index contributed by atoms with van der Waals surface area (Å²) >= 11 is 3.45. The van der Waals surface area contributed by atoms with Gasteiger partial charge >= 0.3 is 0 Å². The average Bonchev–Trinajstić information content (AvgIpc) is 3.29. The Kier molecular flexibility index (Phi) is 3.92. The van der Waals surface area contributed by atoms with Gasteiger partial charge in [-0.15, -0.1) is 0 Å². The molecular weight excluding hydrogens is 332 g/mol. The Labute approximate surface area is 131 Å². The van der Waals surface area contributed by atoms with Gasteiger partial charge in [0.05, 0.1) is 5.56 Å². The van der Waals surface area contributed by atoms with Crippen LogP contribution < -0.4 is 4.73 Å². The molecule has 1 fully saturated rings. The van der Waals surface area contributed by atoms with E-state index in [0.717, 1.165) is 22.9 Å². The molecular formula is C16H15BrN2O2. The van der Waals surface area contributed by atoms with Crippen molar-refractivity contribution < 1.29 is 9.52 Å². The maximum absolute atomic E-state index is 12.6. The molecule has 108 valence electrons. The largest absolute Gasteiger partial charge is 0.619 e. The number of nitrogens with zero attached hydrogens (tertiary/aromatic N) is 2. The zero-order valence-corrected chi connectivity index (χ0v) is 13.0. The van der Waals surface area contributed by atoms with Crippen molar-refractivity contribution >= 4 is 21.8 Å². The van der Waals surface area contributed by atoms with E-state index in [1.807, 2.05) is 29.2 Å². The first-order valence-electron chi connectivity index (χ1n) is 6.88.